The van der Waals surface area contributed by atoms with Gasteiger partial charge in [-0.1, -0.05) is 13.8 Å². The van der Waals surface area contributed by atoms with Crippen molar-refractivity contribution in [3.8, 4) is 0 Å². The lowest BCUT2D eigenvalue weighted by Crippen LogP contribution is -2.17. The number of ether oxygens (including phenoxy) is 5. The Kier molecular flexibility index (Phi) is 14.5. The Balaban J connectivity index is 3.04. The Morgan fingerprint density at radius 3 is 1.55 bits per heavy atom. The first-order chi connectivity index (χ1) is 9.68. The summed E-state index contributed by atoms with van der Waals surface area (Å²) in [5.74, 6) is 0.136. The zero-order valence-corrected chi connectivity index (χ0v) is 12.9. The molecule has 0 amide bonds. The van der Waals surface area contributed by atoms with Crippen LogP contribution in [0.5, 0.6) is 0 Å². The van der Waals surface area contributed by atoms with E-state index < -0.39 is 0 Å². The number of carbonyl (C=O) groups excluding carboxylic acids is 1. The molecule has 0 aliphatic rings. The van der Waals surface area contributed by atoms with E-state index in [4.69, 9.17) is 23.7 Å². The SMILES string of the molecule is COCCOCCOCCOCCOCC(=O)C(C)C. The Hall–Kier alpha value is -0.530. The molecule has 0 aromatic rings. The number of carbonyl (C=O) groups is 1. The quantitative estimate of drug-likeness (QED) is 0.418. The summed E-state index contributed by atoms with van der Waals surface area (Å²) in [5.41, 5.74) is 0. The summed E-state index contributed by atoms with van der Waals surface area (Å²) in [5, 5.41) is 0. The number of Topliss-reactive ketones (excluding diaryl/α,β-unsaturated/α-hetero) is 1. The molecule has 0 heterocycles. The van der Waals surface area contributed by atoms with Gasteiger partial charge in [-0.05, 0) is 0 Å². The lowest BCUT2D eigenvalue weighted by Gasteiger charge is -2.08. The smallest absolute Gasteiger partial charge is 0.160 e. The normalized spacial score (nSPS) is 11.2. The van der Waals surface area contributed by atoms with Gasteiger partial charge in [0.15, 0.2) is 5.78 Å². The monoisotopic (exact) mass is 292 g/mol. The molecule has 0 aliphatic carbocycles. The number of ketones is 1. The summed E-state index contributed by atoms with van der Waals surface area (Å²) in [6, 6.07) is 0. The van der Waals surface area contributed by atoms with E-state index in [0.29, 0.717) is 52.9 Å². The van der Waals surface area contributed by atoms with Crippen LogP contribution in [0.25, 0.3) is 0 Å². The molecule has 0 aromatic carbocycles. The Morgan fingerprint density at radius 1 is 0.750 bits per heavy atom. The van der Waals surface area contributed by atoms with Crippen molar-refractivity contribution in [2.24, 2.45) is 5.92 Å². The summed E-state index contributed by atoms with van der Waals surface area (Å²) in [6.45, 7) is 8.12. The van der Waals surface area contributed by atoms with Crippen LogP contribution in [0.1, 0.15) is 13.8 Å². The molecule has 120 valence electrons. The topological polar surface area (TPSA) is 63.2 Å². The molecule has 0 bridgehead atoms. The summed E-state index contributed by atoms with van der Waals surface area (Å²) in [7, 11) is 1.64. The minimum absolute atomic E-state index is 0.0235. The van der Waals surface area contributed by atoms with Gasteiger partial charge >= 0.3 is 0 Å². The van der Waals surface area contributed by atoms with Crippen LogP contribution in [-0.4, -0.2) is 72.4 Å². The predicted molar refractivity (Wildman–Crippen MR) is 75.0 cm³/mol. The van der Waals surface area contributed by atoms with Crippen molar-refractivity contribution in [1.82, 2.24) is 0 Å². The van der Waals surface area contributed by atoms with Gasteiger partial charge in [-0.3, -0.25) is 4.79 Å². The zero-order valence-electron chi connectivity index (χ0n) is 12.9. The standard InChI is InChI=1S/C14H28O6/c1-13(2)14(15)12-20-11-10-19-9-8-18-7-6-17-5-4-16-3/h13H,4-12H2,1-3H3. The summed E-state index contributed by atoms with van der Waals surface area (Å²) < 4.78 is 25.9. The summed E-state index contributed by atoms with van der Waals surface area (Å²) in [4.78, 5) is 11.2. The van der Waals surface area contributed by atoms with Crippen LogP contribution in [0.2, 0.25) is 0 Å². The predicted octanol–water partition coefficient (Wildman–Crippen LogP) is 0.924. The van der Waals surface area contributed by atoms with Crippen LogP contribution < -0.4 is 0 Å². The molecule has 0 N–H and O–H groups in total. The molecule has 6 heteroatoms. The van der Waals surface area contributed by atoms with E-state index in [1.54, 1.807) is 7.11 Å². The lowest BCUT2D eigenvalue weighted by molar-refractivity contribution is -0.127. The molecule has 0 aromatic heterocycles. The first-order valence-corrected chi connectivity index (χ1v) is 7.01. The van der Waals surface area contributed by atoms with Crippen LogP contribution in [-0.2, 0) is 28.5 Å². The van der Waals surface area contributed by atoms with Crippen LogP contribution >= 0.6 is 0 Å². The highest BCUT2D eigenvalue weighted by molar-refractivity contribution is 5.81. The molecule has 0 saturated carbocycles. The van der Waals surface area contributed by atoms with Crippen molar-refractivity contribution < 1.29 is 28.5 Å². The van der Waals surface area contributed by atoms with Gasteiger partial charge in [0.05, 0.1) is 52.9 Å². The molecule has 0 saturated heterocycles. The number of hydrogen-bond donors (Lipinski definition) is 0. The minimum Gasteiger partial charge on any atom is -0.382 e. The molecule has 20 heavy (non-hydrogen) atoms. The summed E-state index contributed by atoms with van der Waals surface area (Å²) >= 11 is 0. The second kappa shape index (κ2) is 14.9. The molecule has 0 atom stereocenters. The van der Waals surface area contributed by atoms with Gasteiger partial charge in [0.25, 0.3) is 0 Å². The highest BCUT2D eigenvalue weighted by Crippen LogP contribution is 1.94. The first kappa shape index (κ1) is 19.5. The molecule has 0 radical (unpaired) electrons. The van der Waals surface area contributed by atoms with Crippen molar-refractivity contribution in [3.05, 3.63) is 0 Å². The molecule has 0 aliphatic heterocycles. The van der Waals surface area contributed by atoms with Crippen molar-refractivity contribution in [2.75, 3.05) is 66.6 Å². The van der Waals surface area contributed by atoms with Crippen LogP contribution in [0.3, 0.4) is 0 Å². The average Bonchev–Trinajstić information content (AvgIpc) is 2.43. The maximum absolute atomic E-state index is 11.2. The van der Waals surface area contributed by atoms with Gasteiger partial charge in [0.1, 0.15) is 6.61 Å². The van der Waals surface area contributed by atoms with Crippen molar-refractivity contribution in [1.29, 1.82) is 0 Å². The van der Waals surface area contributed by atoms with E-state index in [1.807, 2.05) is 13.8 Å². The highest BCUT2D eigenvalue weighted by atomic mass is 16.6. The Bertz CT molecular complexity index is 220. The third kappa shape index (κ3) is 13.9. The van der Waals surface area contributed by atoms with E-state index in [1.165, 1.54) is 0 Å². The maximum atomic E-state index is 11.2. The second-order valence-corrected chi connectivity index (χ2v) is 4.50. The number of methoxy groups -OCH3 is 1. The first-order valence-electron chi connectivity index (χ1n) is 7.01. The van der Waals surface area contributed by atoms with Gasteiger partial charge in [0, 0.05) is 13.0 Å². The van der Waals surface area contributed by atoms with Crippen molar-refractivity contribution in [2.45, 2.75) is 13.8 Å². The average molecular weight is 292 g/mol. The number of hydrogen-bond acceptors (Lipinski definition) is 6. The Morgan fingerprint density at radius 2 is 1.15 bits per heavy atom. The molecular formula is C14H28O6. The molecule has 6 nitrogen and oxygen atoms in total. The highest BCUT2D eigenvalue weighted by Gasteiger charge is 2.06. The third-order valence-corrected chi connectivity index (χ3v) is 2.44. The van der Waals surface area contributed by atoms with Gasteiger partial charge in [-0.25, -0.2) is 0 Å². The minimum atomic E-state index is 0.0235. The third-order valence-electron chi connectivity index (χ3n) is 2.44. The molecule has 0 rings (SSSR count). The Labute approximate surface area is 121 Å². The molecule has 0 spiro atoms. The van der Waals surface area contributed by atoms with E-state index in [2.05, 4.69) is 0 Å². The maximum Gasteiger partial charge on any atom is 0.160 e. The fourth-order valence-corrected chi connectivity index (χ4v) is 1.14. The van der Waals surface area contributed by atoms with E-state index >= 15 is 0 Å². The van der Waals surface area contributed by atoms with Crippen LogP contribution in [0.15, 0.2) is 0 Å². The van der Waals surface area contributed by atoms with Crippen LogP contribution in [0.4, 0.5) is 0 Å². The molecular weight excluding hydrogens is 264 g/mol. The largest absolute Gasteiger partial charge is 0.382 e. The van der Waals surface area contributed by atoms with Crippen molar-refractivity contribution >= 4 is 5.78 Å². The van der Waals surface area contributed by atoms with Gasteiger partial charge in [0.2, 0.25) is 0 Å². The van der Waals surface area contributed by atoms with Crippen molar-refractivity contribution in [3.63, 3.8) is 0 Å². The zero-order chi connectivity index (χ0) is 15.1. The summed E-state index contributed by atoms with van der Waals surface area (Å²) in [6.07, 6.45) is 0. The number of rotatable bonds is 15. The second-order valence-electron chi connectivity index (χ2n) is 4.50. The fraction of sp³-hybridized carbons (Fsp3) is 0.929. The van der Waals surface area contributed by atoms with E-state index in [9.17, 15) is 4.79 Å². The van der Waals surface area contributed by atoms with E-state index in [0.717, 1.165) is 0 Å². The molecule has 0 fully saturated rings. The lowest BCUT2D eigenvalue weighted by atomic mass is 10.1. The van der Waals surface area contributed by atoms with Crippen LogP contribution in [0, 0.1) is 5.92 Å². The van der Waals surface area contributed by atoms with Gasteiger partial charge < -0.3 is 23.7 Å². The fourth-order valence-electron chi connectivity index (χ4n) is 1.14. The van der Waals surface area contributed by atoms with E-state index in [-0.39, 0.29) is 18.3 Å². The van der Waals surface area contributed by atoms with Gasteiger partial charge in [-0.15, -0.1) is 0 Å². The van der Waals surface area contributed by atoms with Gasteiger partial charge in [-0.2, -0.15) is 0 Å². The molecule has 0 unspecified atom stereocenters.